The highest BCUT2D eigenvalue weighted by Gasteiger charge is 2.16. The molecule has 18 heavy (non-hydrogen) atoms. The van der Waals surface area contributed by atoms with Gasteiger partial charge in [-0.2, -0.15) is 0 Å². The average Bonchev–Trinajstić information content (AvgIpc) is 2.60. The van der Waals surface area contributed by atoms with Crippen LogP contribution in [-0.2, 0) is 11.3 Å². The van der Waals surface area contributed by atoms with Crippen LogP contribution >= 0.6 is 0 Å². The lowest BCUT2D eigenvalue weighted by atomic mass is 10.1. The number of aromatic carboxylic acids is 1. The maximum absolute atomic E-state index is 11.9. The number of aromatic nitrogens is 1. The largest absolute Gasteiger partial charge is 0.477 e. The van der Waals surface area contributed by atoms with E-state index in [9.17, 15) is 9.59 Å². The number of pyridine rings is 1. The number of carboxylic acids is 1. The van der Waals surface area contributed by atoms with Crippen molar-refractivity contribution in [1.82, 2.24) is 9.88 Å². The zero-order chi connectivity index (χ0) is 13.0. The third-order valence-corrected chi connectivity index (χ3v) is 2.92. The summed E-state index contributed by atoms with van der Waals surface area (Å²) < 4.78 is 6.84. The van der Waals surface area contributed by atoms with E-state index in [-0.39, 0.29) is 11.5 Å². The van der Waals surface area contributed by atoms with Gasteiger partial charge < -0.3 is 19.7 Å². The van der Waals surface area contributed by atoms with Crippen LogP contribution in [0.25, 0.3) is 0 Å². The quantitative estimate of drug-likeness (QED) is 0.777. The van der Waals surface area contributed by atoms with Crippen molar-refractivity contribution in [2.24, 2.45) is 5.92 Å². The van der Waals surface area contributed by atoms with Crippen molar-refractivity contribution < 1.29 is 14.6 Å². The van der Waals surface area contributed by atoms with Gasteiger partial charge in [0.1, 0.15) is 5.56 Å². The fourth-order valence-corrected chi connectivity index (χ4v) is 2.00. The topological polar surface area (TPSA) is 80.6 Å². The summed E-state index contributed by atoms with van der Waals surface area (Å²) in [7, 11) is 0. The fourth-order valence-electron chi connectivity index (χ4n) is 2.00. The van der Waals surface area contributed by atoms with E-state index >= 15 is 0 Å². The highest BCUT2D eigenvalue weighted by molar-refractivity contribution is 5.86. The number of carbonyl (C=O) groups is 1. The molecule has 6 nitrogen and oxygen atoms in total. The van der Waals surface area contributed by atoms with Crippen molar-refractivity contribution in [3.05, 3.63) is 34.2 Å². The summed E-state index contributed by atoms with van der Waals surface area (Å²) in [5, 5.41) is 12.1. The summed E-state index contributed by atoms with van der Waals surface area (Å²) in [6, 6.07) is 2.90. The molecular formula is C12H16N2O4. The molecule has 0 aromatic carbocycles. The first kappa shape index (κ1) is 12.8. The third-order valence-electron chi connectivity index (χ3n) is 2.92. The Balaban J connectivity index is 2.16. The summed E-state index contributed by atoms with van der Waals surface area (Å²) >= 11 is 0. The second-order valence-electron chi connectivity index (χ2n) is 4.33. The lowest BCUT2D eigenvalue weighted by molar-refractivity contribution is 0.0693. The Labute approximate surface area is 104 Å². The normalized spacial score (nSPS) is 20.3. The van der Waals surface area contributed by atoms with Gasteiger partial charge in [0.05, 0.1) is 13.2 Å². The van der Waals surface area contributed by atoms with Crippen LogP contribution in [0.4, 0.5) is 0 Å². The van der Waals surface area contributed by atoms with E-state index in [4.69, 9.17) is 9.84 Å². The molecule has 1 unspecified atom stereocenters. The van der Waals surface area contributed by atoms with Gasteiger partial charge in [-0.3, -0.25) is 4.79 Å². The maximum Gasteiger partial charge on any atom is 0.341 e. The van der Waals surface area contributed by atoms with Gasteiger partial charge >= 0.3 is 5.97 Å². The van der Waals surface area contributed by atoms with Crippen molar-refractivity contribution in [1.29, 1.82) is 0 Å². The molecule has 0 aliphatic carbocycles. The molecule has 1 saturated heterocycles. The highest BCUT2D eigenvalue weighted by Crippen LogP contribution is 2.03. The van der Waals surface area contributed by atoms with E-state index in [1.807, 2.05) is 0 Å². The number of hydrogen-bond acceptors (Lipinski definition) is 4. The summed E-state index contributed by atoms with van der Waals surface area (Å²) in [5.74, 6) is -1.01. The minimum atomic E-state index is -1.19. The minimum absolute atomic E-state index is 0.175. The van der Waals surface area contributed by atoms with E-state index in [0.29, 0.717) is 19.8 Å². The van der Waals surface area contributed by atoms with Crippen molar-refractivity contribution in [2.45, 2.75) is 6.54 Å². The minimum Gasteiger partial charge on any atom is -0.477 e. The van der Waals surface area contributed by atoms with Crippen LogP contribution in [0.2, 0.25) is 0 Å². The number of ether oxygens (including phenoxy) is 1. The lowest BCUT2D eigenvalue weighted by Crippen LogP contribution is -2.32. The average molecular weight is 252 g/mol. The second kappa shape index (κ2) is 5.79. The van der Waals surface area contributed by atoms with Crippen LogP contribution in [0.1, 0.15) is 10.4 Å². The Morgan fingerprint density at radius 2 is 2.44 bits per heavy atom. The number of hydrogen-bond donors (Lipinski definition) is 2. The van der Waals surface area contributed by atoms with Crippen molar-refractivity contribution >= 4 is 5.97 Å². The van der Waals surface area contributed by atoms with Gasteiger partial charge in [0, 0.05) is 31.7 Å². The molecule has 0 bridgehead atoms. The summed E-state index contributed by atoms with van der Waals surface area (Å²) in [4.78, 5) is 22.8. The van der Waals surface area contributed by atoms with E-state index in [2.05, 4.69) is 5.32 Å². The van der Waals surface area contributed by atoms with Crippen molar-refractivity contribution in [3.8, 4) is 0 Å². The molecule has 6 heteroatoms. The molecule has 2 N–H and O–H groups in total. The van der Waals surface area contributed by atoms with Gasteiger partial charge in [-0.25, -0.2) is 4.79 Å². The zero-order valence-electron chi connectivity index (χ0n) is 9.96. The first-order valence-electron chi connectivity index (χ1n) is 5.89. The molecule has 1 aromatic rings. The van der Waals surface area contributed by atoms with Crippen LogP contribution in [0.3, 0.4) is 0 Å². The molecule has 98 valence electrons. The standard InChI is InChI=1S/C12H16N2O4/c15-11-10(12(16)17)2-1-4-14(11)7-9-6-13-3-5-18-8-9/h1-2,4,9,13H,3,5-8H2,(H,16,17). The number of rotatable bonds is 3. The van der Waals surface area contributed by atoms with Gasteiger partial charge in [-0.15, -0.1) is 0 Å². The van der Waals surface area contributed by atoms with Gasteiger partial charge in [0.2, 0.25) is 0 Å². The Kier molecular flexibility index (Phi) is 4.11. The van der Waals surface area contributed by atoms with Crippen molar-refractivity contribution in [3.63, 3.8) is 0 Å². The molecule has 2 rings (SSSR count). The first-order valence-corrected chi connectivity index (χ1v) is 5.89. The Hall–Kier alpha value is -1.66. The predicted molar refractivity (Wildman–Crippen MR) is 64.8 cm³/mol. The fraction of sp³-hybridized carbons (Fsp3) is 0.500. The van der Waals surface area contributed by atoms with Gasteiger partial charge in [0.15, 0.2) is 0 Å². The summed E-state index contributed by atoms with van der Waals surface area (Å²) in [5.41, 5.74) is -0.658. The summed E-state index contributed by atoms with van der Waals surface area (Å²) in [6.45, 7) is 3.29. The summed E-state index contributed by atoms with van der Waals surface area (Å²) in [6.07, 6.45) is 1.61. The molecule has 1 aliphatic heterocycles. The first-order chi connectivity index (χ1) is 8.68. The van der Waals surface area contributed by atoms with E-state index in [0.717, 1.165) is 13.1 Å². The molecule has 1 aromatic heterocycles. The molecule has 0 radical (unpaired) electrons. The molecule has 2 heterocycles. The van der Waals surface area contributed by atoms with Crippen molar-refractivity contribution in [2.75, 3.05) is 26.3 Å². The lowest BCUT2D eigenvalue weighted by Gasteiger charge is -2.15. The van der Waals surface area contributed by atoms with Crippen LogP contribution in [0.15, 0.2) is 23.1 Å². The Bertz CT molecular complexity index is 475. The van der Waals surface area contributed by atoms with Crippen LogP contribution < -0.4 is 10.9 Å². The van der Waals surface area contributed by atoms with Crippen LogP contribution in [0.5, 0.6) is 0 Å². The highest BCUT2D eigenvalue weighted by atomic mass is 16.5. The monoisotopic (exact) mass is 252 g/mol. The van der Waals surface area contributed by atoms with E-state index in [1.54, 1.807) is 12.3 Å². The Morgan fingerprint density at radius 1 is 1.61 bits per heavy atom. The maximum atomic E-state index is 11.9. The third kappa shape index (κ3) is 2.96. The predicted octanol–water partition coefficient (Wildman–Crippen LogP) is -0.218. The van der Waals surface area contributed by atoms with E-state index < -0.39 is 11.5 Å². The number of nitrogens with zero attached hydrogens (tertiary/aromatic N) is 1. The number of nitrogens with one attached hydrogen (secondary N) is 1. The van der Waals surface area contributed by atoms with Gasteiger partial charge in [0.25, 0.3) is 5.56 Å². The SMILES string of the molecule is O=C(O)c1cccn(CC2CNCCOC2)c1=O. The molecule has 1 fully saturated rings. The van der Waals surface area contributed by atoms with Crippen LogP contribution in [-0.4, -0.2) is 41.9 Å². The molecule has 0 amide bonds. The molecule has 1 aliphatic rings. The molecular weight excluding hydrogens is 236 g/mol. The molecule has 0 spiro atoms. The Morgan fingerprint density at radius 3 is 3.22 bits per heavy atom. The smallest absolute Gasteiger partial charge is 0.341 e. The molecule has 0 saturated carbocycles. The van der Waals surface area contributed by atoms with E-state index in [1.165, 1.54) is 10.6 Å². The van der Waals surface area contributed by atoms with Gasteiger partial charge in [-0.1, -0.05) is 0 Å². The molecule has 1 atom stereocenters. The zero-order valence-corrected chi connectivity index (χ0v) is 9.96. The van der Waals surface area contributed by atoms with Gasteiger partial charge in [-0.05, 0) is 12.1 Å². The second-order valence-corrected chi connectivity index (χ2v) is 4.33. The number of carboxylic acid groups (broad SMARTS) is 1. The van der Waals surface area contributed by atoms with Crippen LogP contribution in [0, 0.1) is 5.92 Å².